The smallest absolute Gasteiger partial charge is 0.240 e. The first-order valence-corrected chi connectivity index (χ1v) is 12.1. The number of aryl methyl sites for hydroxylation is 1. The van der Waals surface area contributed by atoms with Gasteiger partial charge < -0.3 is 19.5 Å². The minimum Gasteiger partial charge on any atom is -0.493 e. The number of aromatic nitrogens is 2. The summed E-state index contributed by atoms with van der Waals surface area (Å²) in [6.07, 6.45) is 0. The van der Waals surface area contributed by atoms with Gasteiger partial charge in [-0.05, 0) is 17.7 Å². The lowest BCUT2D eigenvalue weighted by Gasteiger charge is -2.24. The maximum Gasteiger partial charge on any atom is 0.240 e. The molecule has 10 heteroatoms. The maximum absolute atomic E-state index is 13.3. The number of benzene rings is 1. The highest BCUT2D eigenvalue weighted by atomic mass is 32.2. The number of rotatable bonds is 8. The van der Waals surface area contributed by atoms with Crippen molar-refractivity contribution in [3.63, 3.8) is 0 Å². The van der Waals surface area contributed by atoms with Crippen LogP contribution in [0.3, 0.4) is 0 Å². The van der Waals surface area contributed by atoms with E-state index in [1.54, 1.807) is 30.9 Å². The van der Waals surface area contributed by atoms with Gasteiger partial charge in [0.05, 0.1) is 37.5 Å². The Labute approximate surface area is 205 Å². The Balaban J connectivity index is 2.12. The molecule has 1 aromatic heterocycles. The average Bonchev–Trinajstić information content (AvgIpc) is 3.07. The van der Waals surface area contributed by atoms with E-state index in [1.165, 1.54) is 11.8 Å². The van der Waals surface area contributed by atoms with Crippen molar-refractivity contribution in [2.45, 2.75) is 31.4 Å². The normalized spacial score (nSPS) is 16.1. The molecule has 0 fully saturated rings. The van der Waals surface area contributed by atoms with Crippen LogP contribution in [0.25, 0.3) is 0 Å². The highest BCUT2D eigenvalue weighted by Crippen LogP contribution is 2.48. The largest absolute Gasteiger partial charge is 0.493 e. The number of anilines is 1. The van der Waals surface area contributed by atoms with Crippen LogP contribution in [0.5, 0.6) is 11.5 Å². The molecule has 2 amide bonds. The summed E-state index contributed by atoms with van der Waals surface area (Å²) in [7, 11) is 6.60. The summed E-state index contributed by atoms with van der Waals surface area (Å²) in [6.45, 7) is 6.99. The van der Waals surface area contributed by atoms with Gasteiger partial charge >= 0.3 is 0 Å². The molecule has 1 unspecified atom stereocenters. The lowest BCUT2D eigenvalue weighted by Crippen LogP contribution is -2.43. The number of nitrogens with one attached hydrogen (secondary N) is 1. The predicted molar refractivity (Wildman–Crippen MR) is 133 cm³/mol. The lowest BCUT2D eigenvalue weighted by molar-refractivity contribution is -0.123. The van der Waals surface area contributed by atoms with Crippen LogP contribution in [-0.2, 0) is 26.8 Å². The number of methoxy groups -OCH3 is 3. The number of hydrogen-bond acceptors (Lipinski definition) is 7. The van der Waals surface area contributed by atoms with E-state index >= 15 is 0 Å². The predicted octanol–water partition coefficient (Wildman–Crippen LogP) is 2.67. The lowest BCUT2D eigenvalue weighted by atomic mass is 9.87. The summed E-state index contributed by atoms with van der Waals surface area (Å²) < 4.78 is 17.7. The van der Waals surface area contributed by atoms with E-state index < -0.39 is 0 Å². The van der Waals surface area contributed by atoms with E-state index in [0.717, 1.165) is 16.8 Å². The Morgan fingerprint density at radius 2 is 1.91 bits per heavy atom. The molecule has 1 aliphatic rings. The second-order valence-electron chi connectivity index (χ2n) is 9.09. The average molecular weight is 491 g/mol. The second-order valence-corrected chi connectivity index (χ2v) is 10.2. The van der Waals surface area contributed by atoms with E-state index in [0.29, 0.717) is 30.5 Å². The van der Waals surface area contributed by atoms with E-state index in [1.807, 2.05) is 25.2 Å². The third-order valence-corrected chi connectivity index (χ3v) is 6.85. The van der Waals surface area contributed by atoms with Crippen molar-refractivity contribution in [2.24, 2.45) is 7.05 Å². The molecule has 0 saturated heterocycles. The fraction of sp³-hybridized carbons (Fsp3) is 0.542. The zero-order chi connectivity index (χ0) is 25.0. The molecular formula is C24H34N4O5S. The van der Waals surface area contributed by atoms with Crippen molar-refractivity contribution in [1.29, 1.82) is 0 Å². The molecule has 1 aliphatic heterocycles. The van der Waals surface area contributed by atoms with Gasteiger partial charge in [0.1, 0.15) is 12.4 Å². The molecule has 186 valence electrons. The van der Waals surface area contributed by atoms with Crippen molar-refractivity contribution < 1.29 is 23.8 Å². The van der Waals surface area contributed by atoms with E-state index in [2.05, 4.69) is 26.1 Å². The number of nitrogens with zero attached hydrogens (tertiary/aromatic N) is 3. The SMILES string of the molecule is COCCNC(=O)CN1C(=O)CSC(c2ccc(OC)c(OC)c2)c2c(C(C)(C)C)nn(C)c21. The van der Waals surface area contributed by atoms with Crippen molar-refractivity contribution in [2.75, 3.05) is 51.7 Å². The quantitative estimate of drug-likeness (QED) is 0.569. The van der Waals surface area contributed by atoms with Crippen molar-refractivity contribution in [3.05, 3.63) is 35.0 Å². The van der Waals surface area contributed by atoms with Gasteiger partial charge in [0.15, 0.2) is 11.5 Å². The highest BCUT2D eigenvalue weighted by molar-refractivity contribution is 8.00. The fourth-order valence-corrected chi connectivity index (χ4v) is 5.20. The minimum absolute atomic E-state index is 0.0854. The van der Waals surface area contributed by atoms with Crippen LogP contribution in [0.4, 0.5) is 5.82 Å². The van der Waals surface area contributed by atoms with E-state index in [9.17, 15) is 9.59 Å². The zero-order valence-corrected chi connectivity index (χ0v) is 21.7. The Morgan fingerprint density at radius 1 is 1.21 bits per heavy atom. The Morgan fingerprint density at radius 3 is 2.53 bits per heavy atom. The number of ether oxygens (including phenoxy) is 3. The van der Waals surface area contributed by atoms with Gasteiger partial charge in [-0.3, -0.25) is 19.2 Å². The van der Waals surface area contributed by atoms with Crippen LogP contribution in [0.15, 0.2) is 18.2 Å². The number of hydrogen-bond donors (Lipinski definition) is 1. The molecule has 0 bridgehead atoms. The van der Waals surface area contributed by atoms with Crippen molar-refractivity contribution in [1.82, 2.24) is 15.1 Å². The van der Waals surface area contributed by atoms with E-state index in [-0.39, 0.29) is 34.8 Å². The number of thioether (sulfide) groups is 1. The first-order valence-electron chi connectivity index (χ1n) is 11.1. The molecule has 2 heterocycles. The molecular weight excluding hydrogens is 456 g/mol. The van der Waals surface area contributed by atoms with Gasteiger partial charge in [-0.25, -0.2) is 0 Å². The monoisotopic (exact) mass is 490 g/mol. The van der Waals surface area contributed by atoms with Crippen LogP contribution >= 0.6 is 11.8 Å². The van der Waals surface area contributed by atoms with Gasteiger partial charge in [0, 0.05) is 31.7 Å². The molecule has 0 spiro atoms. The van der Waals surface area contributed by atoms with Crippen molar-refractivity contribution >= 4 is 29.4 Å². The molecule has 0 saturated carbocycles. The first kappa shape index (κ1) is 25.9. The number of fused-ring (bicyclic) bond motifs is 1. The number of carbonyl (C=O) groups excluding carboxylic acids is 2. The summed E-state index contributed by atoms with van der Waals surface area (Å²) in [6, 6.07) is 5.80. The third kappa shape index (κ3) is 5.33. The molecule has 2 aromatic rings. The standard InChI is InChI=1S/C24H34N4O5S/c1-24(2,3)22-20-21(15-8-9-16(32-6)17(12-15)33-7)34-14-19(30)28(23(20)27(4)26-22)13-18(29)25-10-11-31-5/h8-9,12,21H,10-11,13-14H2,1-7H3,(H,25,29). The van der Waals surface area contributed by atoms with Crippen molar-refractivity contribution in [3.8, 4) is 11.5 Å². The van der Waals surface area contributed by atoms with Gasteiger partial charge in [-0.1, -0.05) is 26.8 Å². The third-order valence-electron chi connectivity index (χ3n) is 5.60. The summed E-state index contributed by atoms with van der Waals surface area (Å²) in [4.78, 5) is 27.5. The number of amides is 2. The van der Waals surface area contributed by atoms with Crippen LogP contribution < -0.4 is 19.7 Å². The molecule has 1 N–H and O–H groups in total. The van der Waals surface area contributed by atoms with E-state index in [4.69, 9.17) is 19.3 Å². The fourth-order valence-electron chi connectivity index (χ4n) is 4.01. The molecule has 34 heavy (non-hydrogen) atoms. The molecule has 9 nitrogen and oxygen atoms in total. The molecule has 1 atom stereocenters. The van der Waals surface area contributed by atoms with Crippen LogP contribution in [0.1, 0.15) is 42.8 Å². The zero-order valence-electron chi connectivity index (χ0n) is 20.9. The minimum atomic E-state index is -0.277. The summed E-state index contributed by atoms with van der Waals surface area (Å²) in [5.74, 6) is 1.74. The van der Waals surface area contributed by atoms with Gasteiger partial charge in [0.2, 0.25) is 11.8 Å². The van der Waals surface area contributed by atoms with Gasteiger partial charge in [-0.2, -0.15) is 5.10 Å². The Bertz CT molecular complexity index is 1050. The molecule has 1 aromatic carbocycles. The van der Waals surface area contributed by atoms with Crippen LogP contribution in [0, 0.1) is 0 Å². The van der Waals surface area contributed by atoms with Gasteiger partial charge in [0.25, 0.3) is 0 Å². The van der Waals surface area contributed by atoms with Crippen LogP contribution in [-0.4, -0.2) is 68.4 Å². The summed E-state index contributed by atoms with van der Waals surface area (Å²) in [5, 5.41) is 7.45. The Kier molecular flexibility index (Phi) is 8.14. The Hall–Kier alpha value is -2.72. The maximum atomic E-state index is 13.3. The molecule has 0 radical (unpaired) electrons. The first-order chi connectivity index (χ1) is 16.1. The second kappa shape index (κ2) is 10.7. The van der Waals surface area contributed by atoms with Gasteiger partial charge in [-0.15, -0.1) is 11.8 Å². The number of carbonyl (C=O) groups is 2. The molecule has 3 rings (SSSR count). The van der Waals surface area contributed by atoms with Crippen LogP contribution in [0.2, 0.25) is 0 Å². The highest BCUT2D eigenvalue weighted by Gasteiger charge is 2.39. The summed E-state index contributed by atoms with van der Waals surface area (Å²) >= 11 is 1.52. The molecule has 0 aliphatic carbocycles. The topological polar surface area (TPSA) is 94.9 Å². The summed E-state index contributed by atoms with van der Waals surface area (Å²) in [5.41, 5.74) is 2.52.